The molecule has 0 spiro atoms. The van der Waals surface area contributed by atoms with Crippen LogP contribution in [-0.4, -0.2) is 23.4 Å². The highest BCUT2D eigenvalue weighted by molar-refractivity contribution is 5.93. The molecule has 0 saturated heterocycles. The Labute approximate surface area is 164 Å². The van der Waals surface area contributed by atoms with Gasteiger partial charge >= 0.3 is 5.97 Å². The van der Waals surface area contributed by atoms with E-state index in [0.717, 1.165) is 37.0 Å². The van der Waals surface area contributed by atoms with Crippen LogP contribution in [0.15, 0.2) is 18.2 Å². The number of benzene rings is 1. The lowest BCUT2D eigenvalue weighted by Gasteiger charge is -2.56. The Morgan fingerprint density at radius 3 is 2.36 bits per heavy atom. The summed E-state index contributed by atoms with van der Waals surface area (Å²) < 4.78 is 5.25. The number of non-ortho nitro benzene ring substituents is 1. The van der Waals surface area contributed by atoms with Crippen molar-refractivity contribution >= 4 is 23.3 Å². The minimum absolute atomic E-state index is 0.0823. The van der Waals surface area contributed by atoms with Gasteiger partial charge < -0.3 is 10.1 Å². The number of hydrogen-bond acceptors (Lipinski definition) is 5. The Bertz CT molecular complexity index is 784. The van der Waals surface area contributed by atoms with E-state index < -0.39 is 10.8 Å². The quantitative estimate of drug-likeness (QED) is 0.453. The molecule has 0 radical (unpaired) electrons. The molecule has 4 fully saturated rings. The highest BCUT2D eigenvalue weighted by Crippen LogP contribution is 2.61. The zero-order valence-corrected chi connectivity index (χ0v) is 16.1. The lowest BCUT2D eigenvalue weighted by Crippen LogP contribution is -2.47. The molecule has 5 rings (SSSR count). The van der Waals surface area contributed by atoms with Gasteiger partial charge in [0, 0.05) is 12.1 Å². The molecule has 4 aliphatic carbocycles. The minimum atomic E-state index is -0.513. The van der Waals surface area contributed by atoms with Crippen molar-refractivity contribution in [3.63, 3.8) is 0 Å². The predicted molar refractivity (Wildman–Crippen MR) is 103 cm³/mol. The minimum Gasteiger partial charge on any atom is -0.456 e. The first kappa shape index (κ1) is 18.9. The normalized spacial score (nSPS) is 30.1. The molecule has 1 amide bonds. The fraction of sp³-hybridized carbons (Fsp3) is 0.619. The Morgan fingerprint density at radius 2 is 1.79 bits per heavy atom. The summed E-state index contributed by atoms with van der Waals surface area (Å²) in [5.74, 6) is 1.49. The molecule has 0 aliphatic heterocycles. The molecular formula is C21H26N2O5. The largest absolute Gasteiger partial charge is 0.456 e. The van der Waals surface area contributed by atoms with Crippen molar-refractivity contribution in [1.29, 1.82) is 0 Å². The molecule has 0 atom stereocenters. The molecule has 4 bridgehead atoms. The van der Waals surface area contributed by atoms with E-state index in [0.29, 0.717) is 17.7 Å². The second kappa shape index (κ2) is 7.18. The summed E-state index contributed by atoms with van der Waals surface area (Å²) in [5.41, 5.74) is 1.05. The number of carbonyl (C=O) groups excluding carboxylic acids is 2. The first-order valence-electron chi connectivity index (χ1n) is 10.0. The monoisotopic (exact) mass is 386 g/mol. The summed E-state index contributed by atoms with van der Waals surface area (Å²) in [6.07, 6.45) is 7.71. The van der Waals surface area contributed by atoms with E-state index in [-0.39, 0.29) is 23.7 Å². The molecule has 7 nitrogen and oxygen atoms in total. The number of amides is 1. The lowest BCUT2D eigenvalue weighted by molar-refractivity contribution is -0.384. The summed E-state index contributed by atoms with van der Waals surface area (Å²) in [7, 11) is 0. The number of carbonyl (C=O) groups is 2. The lowest BCUT2D eigenvalue weighted by atomic mass is 9.49. The summed E-state index contributed by atoms with van der Waals surface area (Å²) in [5, 5.41) is 13.5. The van der Waals surface area contributed by atoms with Crippen LogP contribution in [0.1, 0.15) is 50.5 Å². The number of nitrogens with one attached hydrogen (secondary N) is 1. The van der Waals surface area contributed by atoms with Gasteiger partial charge in [0.1, 0.15) is 0 Å². The summed E-state index contributed by atoms with van der Waals surface area (Å²) in [4.78, 5) is 34.9. The van der Waals surface area contributed by atoms with Crippen LogP contribution in [0.5, 0.6) is 0 Å². The number of nitro groups is 1. The average molecular weight is 386 g/mol. The predicted octanol–water partition coefficient (Wildman–Crippen LogP) is 3.99. The van der Waals surface area contributed by atoms with Crippen LogP contribution in [0, 0.1) is 40.2 Å². The van der Waals surface area contributed by atoms with Gasteiger partial charge in [-0.05, 0) is 74.2 Å². The Kier molecular flexibility index (Phi) is 4.85. The first-order chi connectivity index (χ1) is 13.3. The molecule has 4 aliphatic rings. The maximum absolute atomic E-state index is 12.4. The molecule has 1 aromatic rings. The van der Waals surface area contributed by atoms with E-state index in [4.69, 9.17) is 4.74 Å². The second-order valence-electron chi connectivity index (χ2n) is 9.06. The molecule has 1 N–H and O–H groups in total. The van der Waals surface area contributed by atoms with Crippen molar-refractivity contribution in [1.82, 2.24) is 0 Å². The fourth-order valence-corrected chi connectivity index (χ4v) is 6.05. The van der Waals surface area contributed by atoms with Gasteiger partial charge in [0.25, 0.3) is 11.6 Å². The number of nitrogens with zero attached hydrogens (tertiary/aromatic N) is 1. The van der Waals surface area contributed by atoms with Gasteiger partial charge in [0.15, 0.2) is 6.61 Å². The van der Waals surface area contributed by atoms with E-state index in [9.17, 15) is 19.7 Å². The van der Waals surface area contributed by atoms with Gasteiger partial charge in [0.2, 0.25) is 0 Å². The molecule has 4 saturated carbocycles. The molecular weight excluding hydrogens is 360 g/mol. The van der Waals surface area contributed by atoms with Gasteiger partial charge in [-0.2, -0.15) is 0 Å². The van der Waals surface area contributed by atoms with E-state index in [1.807, 2.05) is 0 Å². The summed E-state index contributed by atoms with van der Waals surface area (Å²) >= 11 is 0. The SMILES string of the molecule is Cc1ccc([N+](=O)[O-])cc1NC(=O)COC(=O)CC12CC3CC(CC(C3)C1)C2. The van der Waals surface area contributed by atoms with E-state index in [1.54, 1.807) is 13.0 Å². The Hall–Kier alpha value is -2.44. The number of ether oxygens (including phenoxy) is 1. The number of aryl methyl sites for hydroxylation is 1. The van der Waals surface area contributed by atoms with Crippen LogP contribution in [0.4, 0.5) is 11.4 Å². The van der Waals surface area contributed by atoms with Crippen LogP contribution in [0.2, 0.25) is 0 Å². The van der Waals surface area contributed by atoms with Gasteiger partial charge in [-0.15, -0.1) is 0 Å². The topological polar surface area (TPSA) is 98.5 Å². The van der Waals surface area contributed by atoms with Crippen molar-refractivity contribution in [3.05, 3.63) is 33.9 Å². The van der Waals surface area contributed by atoms with Gasteiger partial charge in [-0.3, -0.25) is 19.7 Å². The van der Waals surface area contributed by atoms with Crippen molar-refractivity contribution < 1.29 is 19.2 Å². The summed E-state index contributed by atoms with van der Waals surface area (Å²) in [6.45, 7) is 1.38. The zero-order valence-electron chi connectivity index (χ0n) is 16.1. The highest BCUT2D eigenvalue weighted by Gasteiger charge is 2.51. The van der Waals surface area contributed by atoms with Crippen LogP contribution in [0.25, 0.3) is 0 Å². The fourth-order valence-electron chi connectivity index (χ4n) is 6.05. The van der Waals surface area contributed by atoms with Crippen LogP contribution >= 0.6 is 0 Å². The van der Waals surface area contributed by atoms with Crippen LogP contribution in [-0.2, 0) is 14.3 Å². The van der Waals surface area contributed by atoms with E-state index >= 15 is 0 Å². The zero-order chi connectivity index (χ0) is 19.9. The highest BCUT2D eigenvalue weighted by atomic mass is 16.6. The van der Waals surface area contributed by atoms with Crippen LogP contribution in [0.3, 0.4) is 0 Å². The van der Waals surface area contributed by atoms with Crippen molar-refractivity contribution in [3.8, 4) is 0 Å². The molecule has 0 heterocycles. The number of nitro benzene ring substituents is 1. The summed E-state index contributed by atoms with van der Waals surface area (Å²) in [6, 6.07) is 4.27. The standard InChI is InChI=1S/C21H26N2O5/c1-13-2-3-17(23(26)27)7-18(13)22-19(24)12-28-20(25)11-21-8-14-4-15(9-21)6-16(5-14)10-21/h2-3,7,14-16H,4-6,8-12H2,1H3,(H,22,24). The van der Waals surface area contributed by atoms with Gasteiger partial charge in [-0.1, -0.05) is 6.07 Å². The number of hydrogen-bond donors (Lipinski definition) is 1. The van der Waals surface area contributed by atoms with Gasteiger partial charge in [0.05, 0.1) is 17.0 Å². The number of esters is 1. The first-order valence-corrected chi connectivity index (χ1v) is 10.0. The number of rotatable bonds is 6. The third-order valence-electron chi connectivity index (χ3n) is 6.75. The van der Waals surface area contributed by atoms with Crippen molar-refractivity contribution in [2.24, 2.45) is 23.2 Å². The average Bonchev–Trinajstić information content (AvgIpc) is 2.60. The van der Waals surface area contributed by atoms with Gasteiger partial charge in [-0.25, -0.2) is 0 Å². The van der Waals surface area contributed by atoms with Crippen molar-refractivity contribution in [2.45, 2.75) is 51.9 Å². The molecule has 1 aromatic carbocycles. The molecule has 150 valence electrons. The Morgan fingerprint density at radius 1 is 1.18 bits per heavy atom. The maximum Gasteiger partial charge on any atom is 0.306 e. The molecule has 0 unspecified atom stereocenters. The van der Waals surface area contributed by atoms with Crippen molar-refractivity contribution in [2.75, 3.05) is 11.9 Å². The van der Waals surface area contributed by atoms with E-state index in [2.05, 4.69) is 5.32 Å². The molecule has 7 heteroatoms. The Balaban J connectivity index is 1.30. The third kappa shape index (κ3) is 3.88. The molecule has 28 heavy (non-hydrogen) atoms. The second-order valence-corrected chi connectivity index (χ2v) is 9.06. The third-order valence-corrected chi connectivity index (χ3v) is 6.75. The smallest absolute Gasteiger partial charge is 0.306 e. The number of anilines is 1. The molecule has 0 aromatic heterocycles. The van der Waals surface area contributed by atoms with E-state index in [1.165, 1.54) is 31.4 Å². The maximum atomic E-state index is 12.4. The van der Waals surface area contributed by atoms with Crippen LogP contribution < -0.4 is 5.32 Å².